The van der Waals surface area contributed by atoms with Gasteiger partial charge in [-0.15, -0.1) is 0 Å². The summed E-state index contributed by atoms with van der Waals surface area (Å²) >= 11 is 11.7. The first kappa shape index (κ1) is 23.8. The lowest BCUT2D eigenvalue weighted by atomic mass is 9.99. The van der Waals surface area contributed by atoms with E-state index in [4.69, 9.17) is 23.2 Å². The zero-order valence-corrected chi connectivity index (χ0v) is 19.1. The van der Waals surface area contributed by atoms with Crippen LogP contribution in [0.3, 0.4) is 0 Å². The van der Waals surface area contributed by atoms with Gasteiger partial charge in [-0.2, -0.15) is 13.2 Å². The molecule has 2 aliphatic rings. The first-order chi connectivity index (χ1) is 15.6. The average molecular weight is 500 g/mol. The highest BCUT2D eigenvalue weighted by molar-refractivity contribution is 6.34. The van der Waals surface area contributed by atoms with Crippen LogP contribution in [0.2, 0.25) is 10.0 Å². The van der Waals surface area contributed by atoms with Gasteiger partial charge >= 0.3 is 6.18 Å². The van der Waals surface area contributed by atoms with E-state index >= 15 is 0 Å². The van der Waals surface area contributed by atoms with Crippen molar-refractivity contribution in [2.24, 2.45) is 17.8 Å². The number of hydrogen-bond acceptors (Lipinski definition) is 3. The molecule has 0 aliphatic heterocycles. The number of halogens is 5. The number of carbonyl (C=O) groups is 2. The molecule has 4 rings (SSSR count). The van der Waals surface area contributed by atoms with Gasteiger partial charge in [0.05, 0.1) is 10.6 Å². The van der Waals surface area contributed by atoms with Crippen LogP contribution in [-0.4, -0.2) is 28.9 Å². The standard InChI is InChI=1S/C23H22Cl2F3N3O2/c1-2-17(31-21(32)11-3-5-12(24)6-4-11)18-14-9-13(10-15(14)18)30-22(33)20-19(25)16(7-8-29-20)23(26,27)28/h3-8,13-15,17-18H,2,9-10H2,1H3,(H,30,33)(H,31,32)/t13?,14-,15?,17?,18?/m0/s1. The fraction of sp³-hybridized carbons (Fsp3) is 0.435. The molecule has 1 aromatic carbocycles. The van der Waals surface area contributed by atoms with Crippen molar-refractivity contribution in [2.75, 3.05) is 0 Å². The molecule has 1 heterocycles. The topological polar surface area (TPSA) is 71.1 Å². The lowest BCUT2D eigenvalue weighted by molar-refractivity contribution is -0.137. The zero-order chi connectivity index (χ0) is 23.9. The normalized spacial score (nSPS) is 24.7. The maximum Gasteiger partial charge on any atom is 0.417 e. The predicted octanol–water partition coefficient (Wildman–Crippen LogP) is 5.37. The van der Waals surface area contributed by atoms with Crippen LogP contribution in [0.15, 0.2) is 36.5 Å². The third-order valence-corrected chi connectivity index (χ3v) is 7.22. The first-order valence-electron chi connectivity index (χ1n) is 10.7. The Kier molecular flexibility index (Phi) is 6.60. The minimum absolute atomic E-state index is 0.0133. The quantitative estimate of drug-likeness (QED) is 0.561. The van der Waals surface area contributed by atoms with Crippen LogP contribution in [0.4, 0.5) is 13.2 Å². The molecule has 2 saturated carbocycles. The molecule has 1 aromatic heterocycles. The van der Waals surface area contributed by atoms with Gasteiger partial charge in [0, 0.05) is 28.9 Å². The summed E-state index contributed by atoms with van der Waals surface area (Å²) in [5, 5.41) is 5.74. The number of hydrogen-bond donors (Lipinski definition) is 2. The third kappa shape index (κ3) is 4.96. The molecule has 4 unspecified atom stereocenters. The molecule has 5 atom stereocenters. The largest absolute Gasteiger partial charge is 0.417 e. The number of aromatic nitrogens is 1. The Bertz CT molecular complexity index is 1050. The van der Waals surface area contributed by atoms with E-state index in [1.165, 1.54) is 0 Å². The van der Waals surface area contributed by atoms with Crippen molar-refractivity contribution in [3.05, 3.63) is 63.4 Å². The molecule has 0 radical (unpaired) electrons. The summed E-state index contributed by atoms with van der Waals surface area (Å²) in [6.45, 7) is 2.02. The molecule has 2 fully saturated rings. The Morgan fingerprint density at radius 3 is 2.30 bits per heavy atom. The van der Waals surface area contributed by atoms with Crippen LogP contribution in [0.1, 0.15) is 52.6 Å². The molecule has 0 saturated heterocycles. The lowest BCUT2D eigenvalue weighted by Crippen LogP contribution is -2.39. The summed E-state index contributed by atoms with van der Waals surface area (Å²) in [5.74, 6) is 0.136. The second kappa shape index (κ2) is 9.14. The first-order valence-corrected chi connectivity index (χ1v) is 11.4. The summed E-state index contributed by atoms with van der Waals surface area (Å²) in [6.07, 6.45) is -1.56. The van der Waals surface area contributed by atoms with Crippen molar-refractivity contribution in [3.8, 4) is 0 Å². The number of carbonyl (C=O) groups excluding carboxylic acids is 2. The monoisotopic (exact) mass is 499 g/mol. The Labute approximate surface area is 199 Å². The fourth-order valence-corrected chi connectivity index (χ4v) is 5.44. The number of nitrogens with zero attached hydrogens (tertiary/aromatic N) is 1. The van der Waals surface area contributed by atoms with Gasteiger partial charge in [0.15, 0.2) is 0 Å². The van der Waals surface area contributed by atoms with Gasteiger partial charge in [-0.1, -0.05) is 30.1 Å². The molecule has 0 spiro atoms. The van der Waals surface area contributed by atoms with Gasteiger partial charge in [0.2, 0.25) is 0 Å². The second-order valence-electron chi connectivity index (χ2n) is 8.56. The highest BCUT2D eigenvalue weighted by Gasteiger charge is 2.58. The Morgan fingerprint density at radius 1 is 1.09 bits per heavy atom. The Balaban J connectivity index is 1.33. The number of benzene rings is 1. The van der Waals surface area contributed by atoms with Crippen molar-refractivity contribution >= 4 is 35.0 Å². The van der Waals surface area contributed by atoms with E-state index in [1.807, 2.05) is 6.92 Å². The molecule has 2 aliphatic carbocycles. The number of nitrogens with one attached hydrogen (secondary N) is 2. The van der Waals surface area contributed by atoms with E-state index in [9.17, 15) is 22.8 Å². The molecule has 5 nitrogen and oxygen atoms in total. The summed E-state index contributed by atoms with van der Waals surface area (Å²) in [6, 6.07) is 7.29. The van der Waals surface area contributed by atoms with Crippen LogP contribution < -0.4 is 10.6 Å². The van der Waals surface area contributed by atoms with Crippen molar-refractivity contribution in [1.82, 2.24) is 15.6 Å². The van der Waals surface area contributed by atoms with Gasteiger partial charge in [0.25, 0.3) is 11.8 Å². The molecule has 0 bridgehead atoms. The van der Waals surface area contributed by atoms with Gasteiger partial charge < -0.3 is 10.6 Å². The summed E-state index contributed by atoms with van der Waals surface area (Å²) in [5.41, 5.74) is -0.967. The zero-order valence-electron chi connectivity index (χ0n) is 17.6. The molecule has 2 amide bonds. The number of pyridine rings is 1. The van der Waals surface area contributed by atoms with Crippen LogP contribution >= 0.6 is 23.2 Å². The number of fused-ring (bicyclic) bond motifs is 1. The number of rotatable bonds is 6. The van der Waals surface area contributed by atoms with Crippen LogP contribution in [-0.2, 0) is 6.18 Å². The summed E-state index contributed by atoms with van der Waals surface area (Å²) in [7, 11) is 0. The Hall–Kier alpha value is -2.32. The van der Waals surface area contributed by atoms with E-state index in [0.29, 0.717) is 41.2 Å². The molecule has 2 aromatic rings. The fourth-order valence-electron chi connectivity index (χ4n) is 5.00. The third-order valence-electron chi connectivity index (χ3n) is 6.58. The van der Waals surface area contributed by atoms with E-state index in [1.54, 1.807) is 24.3 Å². The maximum absolute atomic E-state index is 13.0. The molecule has 10 heteroatoms. The second-order valence-corrected chi connectivity index (χ2v) is 9.38. The SMILES string of the molecule is CCC(NC(=O)c1ccc(Cl)cc1)C1C2CC(NC(=O)c3nccc(C(F)(F)F)c3Cl)C[C@@H]21. The van der Waals surface area contributed by atoms with Crippen molar-refractivity contribution < 1.29 is 22.8 Å². The maximum atomic E-state index is 13.0. The van der Waals surface area contributed by atoms with Gasteiger partial charge in [0.1, 0.15) is 5.69 Å². The van der Waals surface area contributed by atoms with Crippen LogP contribution in [0.25, 0.3) is 0 Å². The summed E-state index contributed by atoms with van der Waals surface area (Å²) in [4.78, 5) is 28.8. The van der Waals surface area contributed by atoms with E-state index in [-0.39, 0.29) is 18.0 Å². The molecule has 2 N–H and O–H groups in total. The lowest BCUT2D eigenvalue weighted by Gasteiger charge is -2.22. The summed E-state index contributed by atoms with van der Waals surface area (Å²) < 4.78 is 39.1. The molecular weight excluding hydrogens is 478 g/mol. The van der Waals surface area contributed by atoms with Crippen molar-refractivity contribution in [1.29, 1.82) is 0 Å². The minimum Gasteiger partial charge on any atom is -0.349 e. The van der Waals surface area contributed by atoms with Crippen molar-refractivity contribution in [2.45, 2.75) is 44.4 Å². The number of alkyl halides is 3. The predicted molar refractivity (Wildman–Crippen MR) is 118 cm³/mol. The average Bonchev–Trinajstić information content (AvgIpc) is 3.25. The molecular formula is C23H22Cl2F3N3O2. The van der Waals surface area contributed by atoms with Crippen LogP contribution in [0, 0.1) is 17.8 Å². The molecule has 33 heavy (non-hydrogen) atoms. The highest BCUT2D eigenvalue weighted by Crippen LogP contribution is 2.59. The smallest absolute Gasteiger partial charge is 0.349 e. The highest BCUT2D eigenvalue weighted by atomic mass is 35.5. The van der Waals surface area contributed by atoms with E-state index < -0.39 is 28.4 Å². The molecule has 176 valence electrons. The van der Waals surface area contributed by atoms with Gasteiger partial charge in [-0.3, -0.25) is 9.59 Å². The van der Waals surface area contributed by atoms with Gasteiger partial charge in [-0.25, -0.2) is 4.98 Å². The van der Waals surface area contributed by atoms with E-state index in [0.717, 1.165) is 18.7 Å². The van der Waals surface area contributed by atoms with E-state index in [2.05, 4.69) is 15.6 Å². The van der Waals surface area contributed by atoms with Crippen LogP contribution in [0.5, 0.6) is 0 Å². The van der Waals surface area contributed by atoms with Crippen molar-refractivity contribution in [3.63, 3.8) is 0 Å². The Morgan fingerprint density at radius 2 is 1.73 bits per heavy atom. The number of amides is 2. The van der Waals surface area contributed by atoms with Gasteiger partial charge in [-0.05, 0) is 67.3 Å². The minimum atomic E-state index is -4.66.